The maximum absolute atomic E-state index is 12.2. The summed E-state index contributed by atoms with van der Waals surface area (Å²) in [4.78, 5) is 20.7. The first kappa shape index (κ1) is 20.0. The van der Waals surface area contributed by atoms with Gasteiger partial charge in [0.1, 0.15) is 12.1 Å². The molecule has 0 aliphatic heterocycles. The number of hydrogen-bond donors (Lipinski definition) is 2. The number of hydrogen-bond acceptors (Lipinski definition) is 6. The molecule has 3 aromatic rings. The number of aryl methyl sites for hydroxylation is 1. The van der Waals surface area contributed by atoms with Gasteiger partial charge in [-0.2, -0.15) is 0 Å². The normalized spacial score (nSPS) is 11.4. The Morgan fingerprint density at radius 3 is 2.64 bits per heavy atom. The van der Waals surface area contributed by atoms with Crippen molar-refractivity contribution < 1.29 is 13.2 Å². The summed E-state index contributed by atoms with van der Waals surface area (Å²) in [6.07, 6.45) is 2.71. The Bertz CT molecular complexity index is 1150. The second kappa shape index (κ2) is 8.12. The first-order valence-electron chi connectivity index (χ1n) is 8.49. The number of benzene rings is 2. The van der Waals surface area contributed by atoms with E-state index in [-0.39, 0.29) is 17.2 Å². The predicted molar refractivity (Wildman–Crippen MR) is 111 cm³/mol. The largest absolute Gasteiger partial charge is 0.369 e. The number of anilines is 2. The summed E-state index contributed by atoms with van der Waals surface area (Å²) in [5.74, 6) is 0.269. The second-order valence-corrected chi connectivity index (χ2v) is 8.80. The number of halogens is 1. The number of sulfone groups is 1. The van der Waals surface area contributed by atoms with Gasteiger partial charge in [0.2, 0.25) is 5.91 Å². The van der Waals surface area contributed by atoms with E-state index in [0.717, 1.165) is 11.8 Å². The first-order valence-corrected chi connectivity index (χ1v) is 10.8. The van der Waals surface area contributed by atoms with E-state index < -0.39 is 9.84 Å². The molecule has 0 radical (unpaired) electrons. The highest BCUT2D eigenvalue weighted by atomic mass is 35.5. The molecule has 0 saturated heterocycles. The van der Waals surface area contributed by atoms with Crippen LogP contribution in [0.15, 0.2) is 47.6 Å². The van der Waals surface area contributed by atoms with E-state index in [4.69, 9.17) is 11.6 Å². The second-order valence-electron chi connectivity index (χ2n) is 6.38. The standard InChI is InChI=1S/C19H19ClN4O3S/c1-12-3-5-17(15(20)9-12)24-18(25)7-8-21-19-14-10-13(28(2,26)27)4-6-16(14)22-11-23-19/h3-6,9-11H,7-8H2,1-2H3,(H,24,25)(H,21,22,23). The third-order valence-electron chi connectivity index (χ3n) is 4.08. The number of carbonyl (C=O) groups excluding carboxylic acids is 1. The zero-order valence-corrected chi connectivity index (χ0v) is 16.9. The van der Waals surface area contributed by atoms with E-state index in [2.05, 4.69) is 20.6 Å². The number of aromatic nitrogens is 2. The molecule has 1 aromatic heterocycles. The summed E-state index contributed by atoms with van der Waals surface area (Å²) in [6, 6.07) is 10.1. The number of fused-ring (bicyclic) bond motifs is 1. The summed E-state index contributed by atoms with van der Waals surface area (Å²) >= 11 is 6.12. The van der Waals surface area contributed by atoms with Crippen molar-refractivity contribution in [3.8, 4) is 0 Å². The maximum atomic E-state index is 12.2. The Morgan fingerprint density at radius 1 is 1.14 bits per heavy atom. The van der Waals surface area contributed by atoms with Crippen molar-refractivity contribution in [3.63, 3.8) is 0 Å². The van der Waals surface area contributed by atoms with Crippen LogP contribution in [0, 0.1) is 6.92 Å². The molecule has 0 atom stereocenters. The van der Waals surface area contributed by atoms with Crippen LogP contribution in [-0.2, 0) is 14.6 Å². The third kappa shape index (κ3) is 4.76. The predicted octanol–water partition coefficient (Wildman–Crippen LogP) is 3.44. The fourth-order valence-corrected chi connectivity index (χ4v) is 3.57. The summed E-state index contributed by atoms with van der Waals surface area (Å²) in [7, 11) is -3.35. The SMILES string of the molecule is Cc1ccc(NC(=O)CCNc2ncnc3ccc(S(C)(=O)=O)cc23)c(Cl)c1. The van der Waals surface area contributed by atoms with Gasteiger partial charge in [0.15, 0.2) is 9.84 Å². The number of carbonyl (C=O) groups is 1. The van der Waals surface area contributed by atoms with Gasteiger partial charge < -0.3 is 10.6 Å². The number of nitrogens with one attached hydrogen (secondary N) is 2. The van der Waals surface area contributed by atoms with E-state index in [1.807, 2.05) is 13.0 Å². The van der Waals surface area contributed by atoms with Crippen LogP contribution in [0.25, 0.3) is 10.9 Å². The monoisotopic (exact) mass is 418 g/mol. The van der Waals surface area contributed by atoms with Crippen molar-refractivity contribution in [2.24, 2.45) is 0 Å². The molecular formula is C19H19ClN4O3S. The molecule has 0 unspecified atom stereocenters. The minimum absolute atomic E-state index is 0.182. The molecule has 0 aliphatic carbocycles. The molecule has 0 spiro atoms. The minimum Gasteiger partial charge on any atom is -0.369 e. The van der Waals surface area contributed by atoms with Crippen molar-refractivity contribution in [1.82, 2.24) is 9.97 Å². The molecule has 3 rings (SSSR count). The zero-order valence-electron chi connectivity index (χ0n) is 15.4. The third-order valence-corrected chi connectivity index (χ3v) is 5.50. The molecule has 0 fully saturated rings. The molecule has 0 saturated carbocycles. The summed E-state index contributed by atoms with van der Waals surface area (Å²) in [6.45, 7) is 2.23. The lowest BCUT2D eigenvalue weighted by atomic mass is 10.2. The number of rotatable bonds is 6. The fourth-order valence-electron chi connectivity index (χ4n) is 2.64. The summed E-state index contributed by atoms with van der Waals surface area (Å²) < 4.78 is 23.6. The van der Waals surface area contributed by atoms with Crippen molar-refractivity contribution >= 4 is 49.8 Å². The lowest BCUT2D eigenvalue weighted by Gasteiger charge is -2.10. The fraction of sp³-hybridized carbons (Fsp3) is 0.211. The van der Waals surface area contributed by atoms with E-state index in [0.29, 0.717) is 34.0 Å². The molecule has 0 bridgehead atoms. The Morgan fingerprint density at radius 2 is 1.93 bits per heavy atom. The molecule has 1 heterocycles. The van der Waals surface area contributed by atoms with Gasteiger partial charge in [0.05, 0.1) is 21.1 Å². The molecule has 28 heavy (non-hydrogen) atoms. The average molecular weight is 419 g/mol. The Kier molecular flexibility index (Phi) is 5.81. The number of nitrogens with zero attached hydrogens (tertiary/aromatic N) is 2. The lowest BCUT2D eigenvalue weighted by molar-refractivity contribution is -0.115. The average Bonchev–Trinajstić information content (AvgIpc) is 2.63. The van der Waals surface area contributed by atoms with Gasteiger partial charge in [-0.05, 0) is 42.8 Å². The highest BCUT2D eigenvalue weighted by Gasteiger charge is 2.12. The first-order chi connectivity index (χ1) is 13.2. The van der Waals surface area contributed by atoms with Crippen LogP contribution in [0.5, 0.6) is 0 Å². The Balaban J connectivity index is 1.69. The van der Waals surface area contributed by atoms with E-state index in [1.165, 1.54) is 18.5 Å². The van der Waals surface area contributed by atoms with Gasteiger partial charge in [0, 0.05) is 24.6 Å². The molecule has 9 heteroatoms. The Hall–Kier alpha value is -2.71. The van der Waals surface area contributed by atoms with Crippen LogP contribution in [-0.4, -0.2) is 37.1 Å². The topological polar surface area (TPSA) is 101 Å². The van der Waals surface area contributed by atoms with Crippen molar-refractivity contribution in [2.75, 3.05) is 23.4 Å². The molecule has 7 nitrogen and oxygen atoms in total. The molecular weight excluding hydrogens is 400 g/mol. The van der Waals surface area contributed by atoms with Crippen LogP contribution in [0.4, 0.5) is 11.5 Å². The lowest BCUT2D eigenvalue weighted by Crippen LogP contribution is -2.17. The molecule has 2 aromatic carbocycles. The summed E-state index contributed by atoms with van der Waals surface area (Å²) in [5.41, 5.74) is 2.18. The summed E-state index contributed by atoms with van der Waals surface area (Å²) in [5, 5.41) is 6.89. The van der Waals surface area contributed by atoms with Gasteiger partial charge in [0.25, 0.3) is 0 Å². The van der Waals surface area contributed by atoms with Gasteiger partial charge >= 0.3 is 0 Å². The molecule has 0 aliphatic rings. The van der Waals surface area contributed by atoms with Crippen molar-refractivity contribution in [1.29, 1.82) is 0 Å². The zero-order chi connectivity index (χ0) is 20.3. The highest BCUT2D eigenvalue weighted by molar-refractivity contribution is 7.90. The van der Waals surface area contributed by atoms with Gasteiger partial charge in [-0.1, -0.05) is 17.7 Å². The Labute approximate surface area is 168 Å². The van der Waals surface area contributed by atoms with Crippen molar-refractivity contribution in [2.45, 2.75) is 18.2 Å². The van der Waals surface area contributed by atoms with Gasteiger partial charge in [-0.15, -0.1) is 0 Å². The smallest absolute Gasteiger partial charge is 0.226 e. The highest BCUT2D eigenvalue weighted by Crippen LogP contribution is 2.24. The van der Waals surface area contributed by atoms with E-state index in [1.54, 1.807) is 18.2 Å². The van der Waals surface area contributed by atoms with Crippen LogP contribution >= 0.6 is 11.6 Å². The van der Waals surface area contributed by atoms with Crippen LogP contribution in [0.2, 0.25) is 5.02 Å². The molecule has 2 N–H and O–H groups in total. The van der Waals surface area contributed by atoms with E-state index >= 15 is 0 Å². The molecule has 146 valence electrons. The van der Waals surface area contributed by atoms with Crippen LogP contribution in [0.1, 0.15) is 12.0 Å². The van der Waals surface area contributed by atoms with Gasteiger partial charge in [-0.25, -0.2) is 18.4 Å². The van der Waals surface area contributed by atoms with Gasteiger partial charge in [-0.3, -0.25) is 4.79 Å². The molecule has 1 amide bonds. The van der Waals surface area contributed by atoms with Crippen molar-refractivity contribution in [3.05, 3.63) is 53.3 Å². The minimum atomic E-state index is -3.35. The van der Waals surface area contributed by atoms with E-state index in [9.17, 15) is 13.2 Å². The van der Waals surface area contributed by atoms with Crippen LogP contribution < -0.4 is 10.6 Å². The van der Waals surface area contributed by atoms with Crippen LogP contribution in [0.3, 0.4) is 0 Å². The quantitative estimate of drug-likeness (QED) is 0.635. The maximum Gasteiger partial charge on any atom is 0.226 e. The number of amides is 1.